The molecule has 0 unspecified atom stereocenters. The van der Waals surface area contributed by atoms with Crippen molar-refractivity contribution in [2.75, 3.05) is 14.1 Å². The van der Waals surface area contributed by atoms with Crippen molar-refractivity contribution in [3.05, 3.63) is 17.5 Å². The molecule has 1 aliphatic rings. The number of aromatic nitrogens is 2. The molecule has 0 spiro atoms. The Morgan fingerprint density at radius 3 is 2.36 bits per heavy atom. The van der Waals surface area contributed by atoms with Crippen LogP contribution in [0.25, 0.3) is 0 Å². The number of hydrogen-bond acceptors (Lipinski definition) is 6. The van der Waals surface area contributed by atoms with Crippen molar-refractivity contribution >= 4 is 16.0 Å². The minimum absolute atomic E-state index is 0.130. The number of carboxylic acids is 1. The van der Waals surface area contributed by atoms with E-state index in [2.05, 4.69) is 15.3 Å². The standard InChI is InChI=1S/C8H12N4O2S.C2HF3O2/c1-12(2)15(13,14)8-10-4-6-3-9-5-7(6)11-8;3-2(4,5)1(6)7/h4,9H,3,5H2,1-2H3;(H,6,7). The van der Waals surface area contributed by atoms with Crippen LogP contribution in [-0.4, -0.2) is 54.0 Å². The maximum atomic E-state index is 11.7. The number of aliphatic carboxylic acids is 1. The second kappa shape index (κ2) is 6.54. The van der Waals surface area contributed by atoms with E-state index in [1.54, 1.807) is 6.20 Å². The van der Waals surface area contributed by atoms with E-state index in [1.807, 2.05) is 0 Å². The maximum absolute atomic E-state index is 11.7. The topological polar surface area (TPSA) is 112 Å². The molecule has 1 aromatic rings. The molecule has 12 heteroatoms. The summed E-state index contributed by atoms with van der Waals surface area (Å²) >= 11 is 0. The van der Waals surface area contributed by atoms with Crippen LogP contribution in [0.3, 0.4) is 0 Å². The summed E-state index contributed by atoms with van der Waals surface area (Å²) in [6.07, 6.45) is -3.52. The van der Waals surface area contributed by atoms with Gasteiger partial charge in [-0.3, -0.25) is 0 Å². The fourth-order valence-electron chi connectivity index (χ4n) is 1.33. The van der Waals surface area contributed by atoms with Gasteiger partial charge in [-0.1, -0.05) is 0 Å². The molecule has 8 nitrogen and oxygen atoms in total. The third-order valence-corrected chi connectivity index (χ3v) is 4.11. The Morgan fingerprint density at radius 1 is 1.36 bits per heavy atom. The van der Waals surface area contributed by atoms with Crippen LogP contribution in [0.1, 0.15) is 11.3 Å². The highest BCUT2D eigenvalue weighted by Crippen LogP contribution is 2.15. The van der Waals surface area contributed by atoms with E-state index < -0.39 is 22.2 Å². The Balaban J connectivity index is 0.000000295. The third-order valence-electron chi connectivity index (χ3n) is 2.49. The Kier molecular flexibility index (Phi) is 5.43. The largest absolute Gasteiger partial charge is 0.490 e. The molecule has 0 aliphatic carbocycles. The van der Waals surface area contributed by atoms with Crippen molar-refractivity contribution < 1.29 is 31.5 Å². The van der Waals surface area contributed by atoms with E-state index in [9.17, 15) is 21.6 Å². The van der Waals surface area contributed by atoms with Gasteiger partial charge in [0.15, 0.2) is 0 Å². The van der Waals surface area contributed by atoms with E-state index >= 15 is 0 Å². The van der Waals surface area contributed by atoms with Crippen molar-refractivity contribution in [1.29, 1.82) is 0 Å². The van der Waals surface area contributed by atoms with Gasteiger partial charge >= 0.3 is 12.1 Å². The Bertz CT molecular complexity index is 661. The Hall–Kier alpha value is -1.79. The average Bonchev–Trinajstić information content (AvgIpc) is 2.85. The monoisotopic (exact) mass is 342 g/mol. The molecule has 0 atom stereocenters. The van der Waals surface area contributed by atoms with Crippen molar-refractivity contribution in [3.63, 3.8) is 0 Å². The third kappa shape index (κ3) is 4.35. The molecule has 124 valence electrons. The van der Waals surface area contributed by atoms with Gasteiger partial charge in [-0.05, 0) is 0 Å². The highest BCUT2D eigenvalue weighted by Gasteiger charge is 2.38. The highest BCUT2D eigenvalue weighted by atomic mass is 32.2. The Morgan fingerprint density at radius 2 is 1.91 bits per heavy atom. The number of alkyl halides is 3. The molecule has 0 saturated heterocycles. The SMILES string of the molecule is CN(C)S(=O)(=O)c1ncc2c(n1)CNC2.O=C(O)C(F)(F)F. The van der Waals surface area contributed by atoms with E-state index in [1.165, 1.54) is 14.1 Å². The number of nitrogens with zero attached hydrogens (tertiary/aromatic N) is 3. The molecule has 2 heterocycles. The van der Waals surface area contributed by atoms with Crippen LogP contribution < -0.4 is 5.32 Å². The smallest absolute Gasteiger partial charge is 0.475 e. The minimum atomic E-state index is -5.08. The summed E-state index contributed by atoms with van der Waals surface area (Å²) < 4.78 is 56.3. The first kappa shape index (κ1) is 18.3. The summed E-state index contributed by atoms with van der Waals surface area (Å²) in [6.45, 7) is 1.31. The number of carboxylic acid groups (broad SMARTS) is 1. The summed E-state index contributed by atoms with van der Waals surface area (Å²) in [5.74, 6) is -2.76. The number of fused-ring (bicyclic) bond motifs is 1. The summed E-state index contributed by atoms with van der Waals surface area (Å²) in [5.41, 5.74) is 1.73. The molecule has 0 bridgehead atoms. The molecular weight excluding hydrogens is 329 g/mol. The predicted molar refractivity (Wildman–Crippen MR) is 67.1 cm³/mol. The molecule has 22 heavy (non-hydrogen) atoms. The molecule has 1 aliphatic heterocycles. The van der Waals surface area contributed by atoms with Gasteiger partial charge in [0.25, 0.3) is 15.2 Å². The van der Waals surface area contributed by atoms with Crippen molar-refractivity contribution in [2.24, 2.45) is 0 Å². The molecule has 2 N–H and O–H groups in total. The number of nitrogens with one attached hydrogen (secondary N) is 1. The average molecular weight is 342 g/mol. The lowest BCUT2D eigenvalue weighted by Crippen LogP contribution is -2.24. The fourth-order valence-corrected chi connectivity index (χ4v) is 2.07. The van der Waals surface area contributed by atoms with Crippen molar-refractivity contribution in [2.45, 2.75) is 24.4 Å². The van der Waals surface area contributed by atoms with Crippen LogP contribution in [0.4, 0.5) is 13.2 Å². The first-order valence-corrected chi connectivity index (χ1v) is 7.18. The molecule has 0 amide bonds. The summed E-state index contributed by atoms with van der Waals surface area (Å²) in [7, 11) is -0.590. The molecule has 0 saturated carbocycles. The highest BCUT2D eigenvalue weighted by molar-refractivity contribution is 7.88. The van der Waals surface area contributed by atoms with E-state index in [-0.39, 0.29) is 5.16 Å². The van der Waals surface area contributed by atoms with Gasteiger partial charge in [0, 0.05) is 38.9 Å². The van der Waals surface area contributed by atoms with Gasteiger partial charge < -0.3 is 10.4 Å². The van der Waals surface area contributed by atoms with Crippen LogP contribution in [0, 0.1) is 0 Å². The number of sulfonamides is 1. The molecule has 0 fully saturated rings. The van der Waals surface area contributed by atoms with E-state index in [4.69, 9.17) is 9.90 Å². The first-order chi connectivity index (χ1) is 9.96. The van der Waals surface area contributed by atoms with Gasteiger partial charge in [0.2, 0.25) is 0 Å². The van der Waals surface area contributed by atoms with Crippen LogP contribution in [0.15, 0.2) is 11.4 Å². The molecule has 1 aromatic heterocycles. The fraction of sp³-hybridized carbons (Fsp3) is 0.500. The number of halogens is 3. The zero-order valence-electron chi connectivity index (χ0n) is 11.5. The van der Waals surface area contributed by atoms with Crippen LogP contribution in [0.2, 0.25) is 0 Å². The van der Waals surface area contributed by atoms with E-state index in [0.29, 0.717) is 13.1 Å². The lowest BCUT2D eigenvalue weighted by Gasteiger charge is -2.09. The van der Waals surface area contributed by atoms with Crippen LogP contribution in [-0.2, 0) is 27.9 Å². The van der Waals surface area contributed by atoms with Gasteiger partial charge in [-0.2, -0.15) is 13.2 Å². The second-order valence-corrected chi connectivity index (χ2v) is 6.36. The van der Waals surface area contributed by atoms with Crippen LogP contribution >= 0.6 is 0 Å². The number of carbonyl (C=O) groups is 1. The minimum Gasteiger partial charge on any atom is -0.475 e. The van der Waals surface area contributed by atoms with Gasteiger partial charge in [0.1, 0.15) is 0 Å². The predicted octanol–water partition coefficient (Wildman–Crippen LogP) is -0.0366. The number of rotatable bonds is 2. The molecule has 2 rings (SSSR count). The Labute approximate surface area is 124 Å². The van der Waals surface area contributed by atoms with Crippen molar-refractivity contribution in [3.8, 4) is 0 Å². The lowest BCUT2D eigenvalue weighted by atomic mass is 10.3. The summed E-state index contributed by atoms with van der Waals surface area (Å²) in [6, 6.07) is 0. The van der Waals surface area contributed by atoms with E-state index in [0.717, 1.165) is 15.6 Å². The van der Waals surface area contributed by atoms with Crippen molar-refractivity contribution in [1.82, 2.24) is 19.6 Å². The van der Waals surface area contributed by atoms with Gasteiger partial charge in [0.05, 0.1) is 5.69 Å². The maximum Gasteiger partial charge on any atom is 0.490 e. The molecular formula is C10H13F3N4O4S. The quantitative estimate of drug-likeness (QED) is 0.725. The zero-order chi connectivity index (χ0) is 17.1. The van der Waals surface area contributed by atoms with Gasteiger partial charge in [-0.25, -0.2) is 27.5 Å². The second-order valence-electron chi connectivity index (χ2n) is 4.32. The summed E-state index contributed by atoms with van der Waals surface area (Å²) in [5, 5.41) is 10.1. The zero-order valence-corrected chi connectivity index (χ0v) is 12.4. The summed E-state index contributed by atoms with van der Waals surface area (Å²) in [4.78, 5) is 16.8. The van der Waals surface area contributed by atoms with Crippen LogP contribution in [0.5, 0.6) is 0 Å². The lowest BCUT2D eigenvalue weighted by molar-refractivity contribution is -0.192. The molecule has 0 aromatic carbocycles. The molecule has 0 radical (unpaired) electrons. The van der Waals surface area contributed by atoms with Gasteiger partial charge in [-0.15, -0.1) is 0 Å². The normalized spacial score (nSPS) is 14.3. The first-order valence-electron chi connectivity index (χ1n) is 5.74. The number of hydrogen-bond donors (Lipinski definition) is 2.